The third-order valence-electron chi connectivity index (χ3n) is 6.90. The largest absolute Gasteiger partial charge is 0.356 e. The normalized spacial score (nSPS) is 17.1. The first kappa shape index (κ1) is 24.4. The predicted molar refractivity (Wildman–Crippen MR) is 139 cm³/mol. The molecule has 7 nitrogen and oxygen atoms in total. The van der Waals surface area contributed by atoms with Gasteiger partial charge in [-0.05, 0) is 72.4 Å². The molecular weight excluding hydrogens is 502 g/mol. The van der Waals surface area contributed by atoms with E-state index in [9.17, 15) is 0 Å². The van der Waals surface area contributed by atoms with E-state index in [1.807, 2.05) is 12.1 Å². The number of nitrogens with one attached hydrogen (secondary N) is 2. The highest BCUT2D eigenvalue weighted by Gasteiger charge is 2.30. The van der Waals surface area contributed by atoms with Crippen LogP contribution in [0.3, 0.4) is 0 Å². The highest BCUT2D eigenvalue weighted by Crippen LogP contribution is 2.35. The number of aromatic nitrogens is 4. The van der Waals surface area contributed by atoms with E-state index in [4.69, 9.17) is 11.6 Å². The second kappa shape index (κ2) is 11.1. The highest BCUT2D eigenvalue weighted by molar-refractivity contribution is 9.10. The summed E-state index contributed by atoms with van der Waals surface area (Å²) in [6, 6.07) is 9.14. The van der Waals surface area contributed by atoms with Gasteiger partial charge in [-0.2, -0.15) is 5.10 Å². The van der Waals surface area contributed by atoms with E-state index in [1.54, 1.807) is 6.33 Å². The van der Waals surface area contributed by atoms with Gasteiger partial charge in [-0.15, -0.1) is 0 Å². The minimum atomic E-state index is 0.300. The van der Waals surface area contributed by atoms with Crippen LogP contribution >= 0.6 is 27.5 Å². The number of piperidine rings is 1. The second-order valence-electron chi connectivity index (χ2n) is 8.77. The number of halogens is 2. The Balaban J connectivity index is 1.48. The van der Waals surface area contributed by atoms with E-state index in [-0.39, 0.29) is 0 Å². The molecule has 2 N–H and O–H groups in total. The molecule has 178 valence electrons. The van der Waals surface area contributed by atoms with Gasteiger partial charge in [0.05, 0.1) is 5.39 Å². The van der Waals surface area contributed by atoms with Gasteiger partial charge in [-0.1, -0.05) is 37.6 Å². The standard InChI is InChI=1S/C24H33BrClN7/c1-4-32(5-2)16(3)14-27-21(17-6-8-19(26)9-7-17)18-10-12-33(13-11-18)24-20-22(25)30-31-23(20)28-15-29-24/h6-9,15-16,18,21,27H,4-5,10-14H2,1-3H3,(H,28,29,30,31). The second-order valence-corrected chi connectivity index (χ2v) is 10.00. The summed E-state index contributed by atoms with van der Waals surface area (Å²) in [5.74, 6) is 1.49. The van der Waals surface area contributed by atoms with Gasteiger partial charge in [0.15, 0.2) is 5.65 Å². The van der Waals surface area contributed by atoms with Gasteiger partial charge >= 0.3 is 0 Å². The first-order chi connectivity index (χ1) is 16.0. The summed E-state index contributed by atoms with van der Waals surface area (Å²) in [5.41, 5.74) is 2.01. The summed E-state index contributed by atoms with van der Waals surface area (Å²) in [7, 11) is 0. The van der Waals surface area contributed by atoms with Crippen molar-refractivity contribution in [3.8, 4) is 0 Å². The van der Waals surface area contributed by atoms with Crippen molar-refractivity contribution in [1.82, 2.24) is 30.4 Å². The lowest BCUT2D eigenvalue weighted by atomic mass is 9.85. The lowest BCUT2D eigenvalue weighted by molar-refractivity contribution is 0.207. The fourth-order valence-electron chi connectivity index (χ4n) is 4.99. The van der Waals surface area contributed by atoms with Gasteiger partial charge in [0.2, 0.25) is 0 Å². The third kappa shape index (κ3) is 5.50. The summed E-state index contributed by atoms with van der Waals surface area (Å²) in [4.78, 5) is 13.7. The summed E-state index contributed by atoms with van der Waals surface area (Å²) in [6.07, 6.45) is 3.77. The van der Waals surface area contributed by atoms with Crippen molar-refractivity contribution in [3.05, 3.63) is 45.8 Å². The molecule has 0 bridgehead atoms. The molecule has 3 aromatic rings. The molecular formula is C24H33BrClN7. The molecule has 4 rings (SSSR count). The zero-order valence-electron chi connectivity index (χ0n) is 19.6. The minimum absolute atomic E-state index is 0.300. The minimum Gasteiger partial charge on any atom is -0.356 e. The number of likely N-dealkylation sites (N-methyl/N-ethyl adjacent to an activating group) is 1. The zero-order valence-corrected chi connectivity index (χ0v) is 21.9. The van der Waals surface area contributed by atoms with Crippen LogP contribution in [0.2, 0.25) is 5.02 Å². The maximum absolute atomic E-state index is 6.19. The van der Waals surface area contributed by atoms with Crippen LogP contribution in [-0.2, 0) is 0 Å². The molecule has 2 atom stereocenters. The fourth-order valence-corrected chi connectivity index (χ4v) is 5.56. The van der Waals surface area contributed by atoms with Crippen LogP contribution in [-0.4, -0.2) is 63.8 Å². The molecule has 0 amide bonds. The molecule has 1 aliphatic heterocycles. The van der Waals surface area contributed by atoms with E-state index in [1.165, 1.54) is 5.56 Å². The van der Waals surface area contributed by atoms with Gasteiger partial charge in [0.1, 0.15) is 16.7 Å². The summed E-state index contributed by atoms with van der Waals surface area (Å²) < 4.78 is 0.835. The van der Waals surface area contributed by atoms with Crippen LogP contribution in [0, 0.1) is 5.92 Å². The highest BCUT2D eigenvalue weighted by atomic mass is 79.9. The van der Waals surface area contributed by atoms with Crippen LogP contribution in [0.15, 0.2) is 35.2 Å². The van der Waals surface area contributed by atoms with Crippen molar-refractivity contribution in [2.45, 2.75) is 45.7 Å². The predicted octanol–water partition coefficient (Wildman–Crippen LogP) is 5.05. The van der Waals surface area contributed by atoms with Crippen LogP contribution < -0.4 is 10.2 Å². The molecule has 0 radical (unpaired) electrons. The maximum atomic E-state index is 6.19. The van der Waals surface area contributed by atoms with Crippen molar-refractivity contribution in [2.24, 2.45) is 5.92 Å². The monoisotopic (exact) mass is 533 g/mol. The van der Waals surface area contributed by atoms with E-state index >= 15 is 0 Å². The van der Waals surface area contributed by atoms with Crippen LogP contribution in [0.1, 0.15) is 45.2 Å². The number of aromatic amines is 1. The Hall–Kier alpha value is -1.74. The lowest BCUT2D eigenvalue weighted by Gasteiger charge is -2.38. The molecule has 1 aromatic carbocycles. The number of hydrogen-bond acceptors (Lipinski definition) is 6. The fraction of sp³-hybridized carbons (Fsp3) is 0.542. The number of fused-ring (bicyclic) bond motifs is 1. The van der Waals surface area contributed by atoms with Gasteiger partial charge in [-0.3, -0.25) is 10.00 Å². The molecule has 0 aliphatic carbocycles. The number of hydrogen-bond donors (Lipinski definition) is 2. The molecule has 3 heterocycles. The average molecular weight is 535 g/mol. The Morgan fingerprint density at radius 1 is 1.18 bits per heavy atom. The van der Waals surface area contributed by atoms with E-state index in [0.29, 0.717) is 23.6 Å². The zero-order chi connectivity index (χ0) is 23.4. The average Bonchev–Trinajstić information content (AvgIpc) is 3.22. The maximum Gasteiger partial charge on any atom is 0.187 e. The van der Waals surface area contributed by atoms with E-state index < -0.39 is 0 Å². The van der Waals surface area contributed by atoms with Gasteiger partial charge in [0, 0.05) is 36.7 Å². The third-order valence-corrected chi connectivity index (χ3v) is 7.72. The molecule has 1 fully saturated rings. The molecule has 2 unspecified atom stereocenters. The number of H-pyrrole nitrogens is 1. The Labute approximate surface area is 209 Å². The summed E-state index contributed by atoms with van der Waals surface area (Å²) >= 11 is 9.75. The van der Waals surface area contributed by atoms with E-state index in [2.05, 4.69) is 84.1 Å². The molecule has 0 saturated carbocycles. The van der Waals surface area contributed by atoms with Crippen molar-refractivity contribution < 1.29 is 0 Å². The van der Waals surface area contributed by atoms with Gasteiger partial charge in [0.25, 0.3) is 0 Å². The number of anilines is 1. The van der Waals surface area contributed by atoms with Crippen molar-refractivity contribution in [3.63, 3.8) is 0 Å². The first-order valence-electron chi connectivity index (χ1n) is 11.8. The topological polar surface area (TPSA) is 73.0 Å². The summed E-state index contributed by atoms with van der Waals surface area (Å²) in [6.45, 7) is 11.8. The van der Waals surface area contributed by atoms with Crippen LogP contribution in [0.4, 0.5) is 5.82 Å². The molecule has 1 aliphatic rings. The van der Waals surface area contributed by atoms with Gasteiger partial charge < -0.3 is 10.2 Å². The Morgan fingerprint density at radius 2 is 1.88 bits per heavy atom. The van der Waals surface area contributed by atoms with Crippen LogP contribution in [0.25, 0.3) is 11.0 Å². The molecule has 2 aromatic heterocycles. The molecule has 0 spiro atoms. The smallest absolute Gasteiger partial charge is 0.187 e. The lowest BCUT2D eigenvalue weighted by Crippen LogP contribution is -2.44. The number of rotatable bonds is 9. The number of benzene rings is 1. The van der Waals surface area contributed by atoms with Crippen molar-refractivity contribution >= 4 is 44.4 Å². The SMILES string of the molecule is CCN(CC)C(C)CNC(c1ccc(Cl)cc1)C1CCN(c2ncnc3n[nH]c(Br)c23)CC1. The molecule has 9 heteroatoms. The van der Waals surface area contributed by atoms with Crippen molar-refractivity contribution in [1.29, 1.82) is 0 Å². The van der Waals surface area contributed by atoms with E-state index in [0.717, 1.165) is 66.4 Å². The molecule has 33 heavy (non-hydrogen) atoms. The van der Waals surface area contributed by atoms with Crippen LogP contribution in [0.5, 0.6) is 0 Å². The summed E-state index contributed by atoms with van der Waals surface area (Å²) in [5, 5.41) is 12.9. The van der Waals surface area contributed by atoms with Crippen molar-refractivity contribution in [2.75, 3.05) is 37.6 Å². The molecule has 1 saturated heterocycles. The Bertz CT molecular complexity index is 1030. The quantitative estimate of drug-likeness (QED) is 0.400. The Kier molecular flexibility index (Phi) is 8.22. The Morgan fingerprint density at radius 3 is 2.55 bits per heavy atom. The van der Waals surface area contributed by atoms with Gasteiger partial charge in [-0.25, -0.2) is 9.97 Å². The first-order valence-corrected chi connectivity index (χ1v) is 13.0. The number of nitrogens with zero attached hydrogens (tertiary/aromatic N) is 5.